The van der Waals surface area contributed by atoms with E-state index in [-0.39, 0.29) is 11.8 Å². The van der Waals surface area contributed by atoms with Crippen LogP contribution in [0.2, 0.25) is 0 Å². The first-order valence-corrected chi connectivity index (χ1v) is 8.01. The minimum Gasteiger partial charge on any atom is -0.481 e. The maximum Gasteiger partial charge on any atom is 0.308 e. The molecule has 2 N–H and O–H groups in total. The van der Waals surface area contributed by atoms with E-state index in [1.807, 2.05) is 12.4 Å². The smallest absolute Gasteiger partial charge is 0.308 e. The molecule has 1 aromatic rings. The van der Waals surface area contributed by atoms with Gasteiger partial charge in [-0.25, -0.2) is 9.97 Å². The van der Waals surface area contributed by atoms with Crippen LogP contribution in [0.25, 0.3) is 0 Å². The molecule has 1 saturated heterocycles. The molecule has 1 aromatic heterocycles. The number of aromatic nitrogens is 2. The first-order valence-electron chi connectivity index (χ1n) is 8.01. The van der Waals surface area contributed by atoms with E-state index < -0.39 is 5.97 Å². The maximum atomic E-state index is 11.4. The molecular weight excluding hydrogens is 280 g/mol. The van der Waals surface area contributed by atoms with Gasteiger partial charge in [0.05, 0.1) is 5.92 Å². The normalized spacial score (nSPS) is 22.2. The van der Waals surface area contributed by atoms with Crippen molar-refractivity contribution in [3.05, 3.63) is 18.0 Å². The highest BCUT2D eigenvalue weighted by Gasteiger charge is 2.38. The van der Waals surface area contributed by atoms with E-state index in [1.54, 1.807) is 0 Å². The van der Waals surface area contributed by atoms with Crippen molar-refractivity contribution in [1.82, 2.24) is 14.9 Å². The number of nitrogens with zero attached hydrogens (tertiary/aromatic N) is 3. The van der Waals surface area contributed by atoms with E-state index in [9.17, 15) is 9.90 Å². The molecule has 0 unspecified atom stereocenters. The summed E-state index contributed by atoms with van der Waals surface area (Å²) in [5, 5.41) is 12.5. The third-order valence-corrected chi connectivity index (χ3v) is 4.26. The molecular formula is C16H26N4O2. The quantitative estimate of drug-likeness (QED) is 0.803. The minimum atomic E-state index is -0.684. The molecule has 0 aromatic carbocycles. The second-order valence-corrected chi connectivity index (χ2v) is 6.39. The van der Waals surface area contributed by atoms with Crippen molar-refractivity contribution in [3.63, 3.8) is 0 Å². The van der Waals surface area contributed by atoms with E-state index in [4.69, 9.17) is 0 Å². The Hall–Kier alpha value is -1.69. The van der Waals surface area contributed by atoms with Gasteiger partial charge in [-0.1, -0.05) is 20.8 Å². The van der Waals surface area contributed by atoms with Crippen LogP contribution in [0.1, 0.15) is 32.8 Å². The molecule has 2 heterocycles. The van der Waals surface area contributed by atoms with Crippen LogP contribution in [0.5, 0.6) is 0 Å². The second-order valence-electron chi connectivity index (χ2n) is 6.39. The van der Waals surface area contributed by atoms with Gasteiger partial charge in [-0.3, -0.25) is 9.69 Å². The van der Waals surface area contributed by atoms with Gasteiger partial charge in [0, 0.05) is 44.1 Å². The molecule has 0 radical (unpaired) electrons. The molecule has 22 heavy (non-hydrogen) atoms. The van der Waals surface area contributed by atoms with E-state index in [0.717, 1.165) is 25.1 Å². The summed E-state index contributed by atoms with van der Waals surface area (Å²) in [6.07, 6.45) is 4.68. The molecule has 0 aliphatic carbocycles. The zero-order valence-electron chi connectivity index (χ0n) is 13.6. The van der Waals surface area contributed by atoms with Gasteiger partial charge in [0.15, 0.2) is 0 Å². The Kier molecular flexibility index (Phi) is 5.71. The van der Waals surface area contributed by atoms with E-state index in [2.05, 4.69) is 41.0 Å². The van der Waals surface area contributed by atoms with Gasteiger partial charge in [0.1, 0.15) is 0 Å². The van der Waals surface area contributed by atoms with Crippen LogP contribution in [-0.2, 0) is 11.3 Å². The zero-order valence-corrected chi connectivity index (χ0v) is 13.6. The number of carboxylic acids is 1. The number of hydrogen-bond acceptors (Lipinski definition) is 5. The van der Waals surface area contributed by atoms with Crippen molar-refractivity contribution in [2.75, 3.05) is 25.0 Å². The summed E-state index contributed by atoms with van der Waals surface area (Å²) in [4.78, 5) is 22.2. The lowest BCUT2D eigenvalue weighted by Gasteiger charge is -2.18. The number of anilines is 1. The van der Waals surface area contributed by atoms with Gasteiger partial charge in [0.2, 0.25) is 5.95 Å². The van der Waals surface area contributed by atoms with Crippen LogP contribution in [0.4, 0.5) is 5.95 Å². The average Bonchev–Trinajstić information content (AvgIpc) is 2.91. The van der Waals surface area contributed by atoms with E-state index >= 15 is 0 Å². The predicted octanol–water partition coefficient (Wildman–Crippen LogP) is 2.09. The summed E-state index contributed by atoms with van der Waals surface area (Å²) >= 11 is 0. The number of likely N-dealkylation sites (tertiary alicyclic amines) is 1. The molecule has 2 rings (SSSR count). The summed E-state index contributed by atoms with van der Waals surface area (Å²) in [6.45, 7) is 9.29. The van der Waals surface area contributed by atoms with Gasteiger partial charge in [-0.05, 0) is 18.3 Å². The van der Waals surface area contributed by atoms with Crippen molar-refractivity contribution >= 4 is 11.9 Å². The first-order chi connectivity index (χ1) is 10.5. The van der Waals surface area contributed by atoms with Crippen molar-refractivity contribution in [2.45, 2.75) is 33.7 Å². The highest BCUT2D eigenvalue weighted by atomic mass is 16.4. The van der Waals surface area contributed by atoms with Crippen LogP contribution >= 0.6 is 0 Å². The monoisotopic (exact) mass is 306 g/mol. The zero-order chi connectivity index (χ0) is 16.1. The van der Waals surface area contributed by atoms with Crippen LogP contribution in [0, 0.1) is 17.8 Å². The van der Waals surface area contributed by atoms with Gasteiger partial charge in [-0.15, -0.1) is 0 Å². The van der Waals surface area contributed by atoms with Gasteiger partial charge < -0.3 is 10.4 Å². The lowest BCUT2D eigenvalue weighted by atomic mass is 9.86. The predicted molar refractivity (Wildman–Crippen MR) is 85.5 cm³/mol. The SMILES string of the molecule is CCCNc1ncc(CN2C[C@@H](C(=O)O)[C@H](C(C)C)C2)cn1. The van der Waals surface area contributed by atoms with E-state index in [0.29, 0.717) is 25.0 Å². The van der Waals surface area contributed by atoms with Gasteiger partial charge in [0.25, 0.3) is 0 Å². The number of rotatable bonds is 7. The highest BCUT2D eigenvalue weighted by molar-refractivity contribution is 5.71. The molecule has 1 aliphatic rings. The van der Waals surface area contributed by atoms with Crippen molar-refractivity contribution in [3.8, 4) is 0 Å². The van der Waals surface area contributed by atoms with Crippen molar-refractivity contribution in [1.29, 1.82) is 0 Å². The van der Waals surface area contributed by atoms with Gasteiger partial charge in [-0.2, -0.15) is 0 Å². The lowest BCUT2D eigenvalue weighted by Crippen LogP contribution is -2.25. The summed E-state index contributed by atoms with van der Waals surface area (Å²) in [7, 11) is 0. The van der Waals surface area contributed by atoms with Crippen LogP contribution in [0.3, 0.4) is 0 Å². The number of nitrogens with one attached hydrogen (secondary N) is 1. The van der Waals surface area contributed by atoms with Crippen LogP contribution in [0.15, 0.2) is 12.4 Å². The topological polar surface area (TPSA) is 78.4 Å². The maximum absolute atomic E-state index is 11.4. The van der Waals surface area contributed by atoms with E-state index in [1.165, 1.54) is 0 Å². The molecule has 2 atom stereocenters. The number of hydrogen-bond donors (Lipinski definition) is 2. The Labute approximate surface area is 132 Å². The third-order valence-electron chi connectivity index (χ3n) is 4.26. The minimum absolute atomic E-state index is 0.212. The molecule has 0 spiro atoms. The molecule has 6 nitrogen and oxygen atoms in total. The molecule has 6 heteroatoms. The van der Waals surface area contributed by atoms with Crippen molar-refractivity contribution < 1.29 is 9.90 Å². The molecule has 0 saturated carbocycles. The van der Waals surface area contributed by atoms with Gasteiger partial charge >= 0.3 is 5.97 Å². The summed E-state index contributed by atoms with van der Waals surface area (Å²) in [5.74, 6) is 0.283. The Morgan fingerprint density at radius 2 is 2.09 bits per heavy atom. The summed E-state index contributed by atoms with van der Waals surface area (Å²) < 4.78 is 0. The number of carbonyl (C=O) groups is 1. The Morgan fingerprint density at radius 1 is 1.41 bits per heavy atom. The number of aliphatic carboxylic acids is 1. The molecule has 0 bridgehead atoms. The largest absolute Gasteiger partial charge is 0.481 e. The third kappa shape index (κ3) is 4.16. The first kappa shape index (κ1) is 16.7. The summed E-state index contributed by atoms with van der Waals surface area (Å²) in [6, 6.07) is 0. The molecule has 122 valence electrons. The fourth-order valence-electron chi connectivity index (χ4n) is 3.00. The fraction of sp³-hybridized carbons (Fsp3) is 0.688. The highest BCUT2D eigenvalue weighted by Crippen LogP contribution is 2.30. The Bertz CT molecular complexity index is 489. The Morgan fingerprint density at radius 3 is 2.59 bits per heavy atom. The summed E-state index contributed by atoms with van der Waals surface area (Å²) in [5.41, 5.74) is 1.02. The van der Waals surface area contributed by atoms with Crippen LogP contribution in [-0.4, -0.2) is 45.6 Å². The van der Waals surface area contributed by atoms with Crippen molar-refractivity contribution in [2.24, 2.45) is 17.8 Å². The Balaban J connectivity index is 1.95. The lowest BCUT2D eigenvalue weighted by molar-refractivity contribution is -0.143. The fourth-order valence-corrected chi connectivity index (χ4v) is 3.00. The standard InChI is InChI=1S/C16H26N4O2/c1-4-5-17-16-18-6-12(7-19-16)8-20-9-13(11(2)3)14(10-20)15(21)22/h6-7,11,13-14H,4-5,8-10H2,1-3H3,(H,21,22)(H,17,18,19)/t13-,14+/m0/s1. The number of carboxylic acid groups (broad SMARTS) is 1. The average molecular weight is 306 g/mol. The molecule has 1 aliphatic heterocycles. The molecule has 1 fully saturated rings. The second kappa shape index (κ2) is 7.54. The van der Waals surface area contributed by atoms with Crippen LogP contribution < -0.4 is 5.32 Å². The molecule has 0 amide bonds.